The van der Waals surface area contributed by atoms with Crippen molar-refractivity contribution in [3.05, 3.63) is 0 Å². The SMILES string of the molecule is CC1=N[C@]2(CC[C@H]3CN(CC(C)C)C[C@H]32)C(=O)N1C. The van der Waals surface area contributed by atoms with E-state index in [0.29, 0.717) is 17.8 Å². The maximum absolute atomic E-state index is 12.6. The minimum Gasteiger partial charge on any atom is -0.302 e. The van der Waals surface area contributed by atoms with Crippen molar-refractivity contribution < 1.29 is 4.79 Å². The number of amidine groups is 1. The molecule has 4 nitrogen and oxygen atoms in total. The number of hydrogen-bond donors (Lipinski definition) is 0. The van der Waals surface area contributed by atoms with Crippen LogP contribution in [-0.2, 0) is 4.79 Å². The summed E-state index contributed by atoms with van der Waals surface area (Å²) in [6.45, 7) is 9.85. The summed E-state index contributed by atoms with van der Waals surface area (Å²) in [6, 6.07) is 0. The Morgan fingerprint density at radius 3 is 2.74 bits per heavy atom. The standard InChI is InChI=1S/C15H25N3O/c1-10(2)7-18-8-12-5-6-15(13(12)9-18)14(19)17(4)11(3)16-15/h10,12-13H,5-9H2,1-4H3/t12-,13+,15-/m0/s1. The fourth-order valence-electron chi connectivity index (χ4n) is 4.30. The molecule has 0 bridgehead atoms. The Morgan fingerprint density at radius 1 is 1.42 bits per heavy atom. The number of nitrogens with zero attached hydrogens (tertiary/aromatic N) is 3. The lowest BCUT2D eigenvalue weighted by Crippen LogP contribution is -2.45. The van der Waals surface area contributed by atoms with Crippen molar-refractivity contribution in [3.63, 3.8) is 0 Å². The van der Waals surface area contributed by atoms with E-state index in [2.05, 4.69) is 18.7 Å². The molecule has 0 radical (unpaired) electrons. The van der Waals surface area contributed by atoms with Gasteiger partial charge in [0.1, 0.15) is 11.4 Å². The molecule has 1 aliphatic carbocycles. The summed E-state index contributed by atoms with van der Waals surface area (Å²) < 4.78 is 0. The molecule has 0 N–H and O–H groups in total. The summed E-state index contributed by atoms with van der Waals surface area (Å²) in [7, 11) is 1.87. The third kappa shape index (κ3) is 1.83. The van der Waals surface area contributed by atoms with E-state index in [1.807, 2.05) is 14.0 Å². The first-order valence-corrected chi connectivity index (χ1v) is 7.51. The lowest BCUT2D eigenvalue weighted by molar-refractivity contribution is -0.131. The minimum atomic E-state index is -0.408. The first-order chi connectivity index (χ1) is 8.94. The average Bonchev–Trinajstić information content (AvgIpc) is 2.92. The number of likely N-dealkylation sites (tertiary alicyclic amines) is 1. The van der Waals surface area contributed by atoms with Crippen LogP contribution in [-0.4, -0.2) is 53.8 Å². The van der Waals surface area contributed by atoms with Gasteiger partial charge in [-0.25, -0.2) is 0 Å². The van der Waals surface area contributed by atoms with Crippen LogP contribution in [0.25, 0.3) is 0 Å². The fourth-order valence-corrected chi connectivity index (χ4v) is 4.30. The maximum Gasteiger partial charge on any atom is 0.255 e. The Morgan fingerprint density at radius 2 is 2.16 bits per heavy atom. The van der Waals surface area contributed by atoms with E-state index in [0.717, 1.165) is 38.3 Å². The summed E-state index contributed by atoms with van der Waals surface area (Å²) in [5, 5.41) is 0. The molecule has 0 aromatic rings. The quantitative estimate of drug-likeness (QED) is 0.759. The monoisotopic (exact) mass is 263 g/mol. The highest BCUT2D eigenvalue weighted by Gasteiger charge is 2.59. The predicted molar refractivity (Wildman–Crippen MR) is 76.1 cm³/mol. The van der Waals surface area contributed by atoms with Gasteiger partial charge in [-0.2, -0.15) is 0 Å². The molecule has 1 saturated heterocycles. The molecule has 19 heavy (non-hydrogen) atoms. The lowest BCUT2D eigenvalue weighted by Gasteiger charge is -2.27. The van der Waals surface area contributed by atoms with Gasteiger partial charge in [-0.05, 0) is 31.6 Å². The van der Waals surface area contributed by atoms with Gasteiger partial charge in [0.05, 0.1) is 0 Å². The third-order valence-electron chi connectivity index (χ3n) is 5.17. The Kier molecular flexibility index (Phi) is 2.97. The number of fused-ring (bicyclic) bond motifs is 2. The largest absolute Gasteiger partial charge is 0.302 e. The molecule has 3 rings (SSSR count). The van der Waals surface area contributed by atoms with E-state index in [9.17, 15) is 4.79 Å². The molecule has 0 aromatic carbocycles. The maximum atomic E-state index is 12.6. The summed E-state index contributed by atoms with van der Waals surface area (Å²) in [4.78, 5) is 21.7. The van der Waals surface area contributed by atoms with Crippen molar-refractivity contribution in [1.29, 1.82) is 0 Å². The molecule has 0 unspecified atom stereocenters. The zero-order valence-corrected chi connectivity index (χ0v) is 12.5. The molecule has 1 saturated carbocycles. The van der Waals surface area contributed by atoms with Gasteiger partial charge in [-0.1, -0.05) is 13.8 Å². The molecule has 4 heteroatoms. The summed E-state index contributed by atoms with van der Waals surface area (Å²) in [5.74, 6) is 2.95. The molecule has 106 valence electrons. The van der Waals surface area contributed by atoms with E-state index >= 15 is 0 Å². The number of carbonyl (C=O) groups is 1. The highest BCUT2D eigenvalue weighted by atomic mass is 16.2. The van der Waals surface area contributed by atoms with Crippen LogP contribution >= 0.6 is 0 Å². The Hall–Kier alpha value is -0.900. The smallest absolute Gasteiger partial charge is 0.255 e. The number of likely N-dealkylation sites (N-methyl/N-ethyl adjacent to an activating group) is 1. The lowest BCUT2D eigenvalue weighted by atomic mass is 9.85. The van der Waals surface area contributed by atoms with Crippen LogP contribution in [0, 0.1) is 17.8 Å². The zero-order valence-electron chi connectivity index (χ0n) is 12.5. The second-order valence-electron chi connectivity index (χ2n) is 6.97. The van der Waals surface area contributed by atoms with Crippen LogP contribution in [0.5, 0.6) is 0 Å². The zero-order chi connectivity index (χ0) is 13.8. The normalized spacial score (nSPS) is 38.7. The minimum absolute atomic E-state index is 0.240. The van der Waals surface area contributed by atoms with Crippen LogP contribution in [0.3, 0.4) is 0 Å². The topological polar surface area (TPSA) is 35.9 Å². The Balaban J connectivity index is 1.82. The van der Waals surface area contributed by atoms with Crippen molar-refractivity contribution in [1.82, 2.24) is 9.80 Å². The van der Waals surface area contributed by atoms with E-state index in [1.165, 1.54) is 0 Å². The summed E-state index contributed by atoms with van der Waals surface area (Å²) in [5.41, 5.74) is -0.408. The summed E-state index contributed by atoms with van der Waals surface area (Å²) >= 11 is 0. The van der Waals surface area contributed by atoms with Gasteiger partial charge in [0, 0.05) is 32.6 Å². The second-order valence-corrected chi connectivity index (χ2v) is 6.97. The van der Waals surface area contributed by atoms with E-state index in [1.54, 1.807) is 4.90 Å². The Bertz CT molecular complexity index is 431. The van der Waals surface area contributed by atoms with E-state index in [-0.39, 0.29) is 5.91 Å². The van der Waals surface area contributed by atoms with Gasteiger partial charge in [-0.3, -0.25) is 9.79 Å². The average molecular weight is 263 g/mol. The second kappa shape index (κ2) is 4.30. The first-order valence-electron chi connectivity index (χ1n) is 7.51. The van der Waals surface area contributed by atoms with Crippen molar-refractivity contribution in [2.45, 2.75) is 39.2 Å². The highest BCUT2D eigenvalue weighted by Crippen LogP contribution is 2.50. The molecule has 3 aliphatic rings. The Labute approximate surface area is 115 Å². The molecule has 1 spiro atoms. The first kappa shape index (κ1) is 13.1. The third-order valence-corrected chi connectivity index (χ3v) is 5.17. The van der Waals surface area contributed by atoms with Gasteiger partial charge in [0.15, 0.2) is 0 Å². The van der Waals surface area contributed by atoms with Crippen molar-refractivity contribution in [2.75, 3.05) is 26.7 Å². The summed E-state index contributed by atoms with van der Waals surface area (Å²) in [6.07, 6.45) is 2.12. The molecule has 2 aliphatic heterocycles. The van der Waals surface area contributed by atoms with Gasteiger partial charge in [0.25, 0.3) is 5.91 Å². The van der Waals surface area contributed by atoms with Crippen LogP contribution in [0.1, 0.15) is 33.6 Å². The van der Waals surface area contributed by atoms with Gasteiger partial charge in [-0.15, -0.1) is 0 Å². The molecule has 3 atom stereocenters. The number of aliphatic imine (C=N–C) groups is 1. The van der Waals surface area contributed by atoms with Crippen molar-refractivity contribution in [3.8, 4) is 0 Å². The van der Waals surface area contributed by atoms with E-state index in [4.69, 9.17) is 4.99 Å². The fraction of sp³-hybridized carbons (Fsp3) is 0.867. The van der Waals surface area contributed by atoms with Crippen molar-refractivity contribution >= 4 is 11.7 Å². The van der Waals surface area contributed by atoms with Crippen molar-refractivity contribution in [2.24, 2.45) is 22.7 Å². The molecule has 1 amide bonds. The van der Waals surface area contributed by atoms with Crippen LogP contribution in [0.2, 0.25) is 0 Å². The number of amides is 1. The highest BCUT2D eigenvalue weighted by molar-refractivity contribution is 6.07. The van der Waals surface area contributed by atoms with Gasteiger partial charge >= 0.3 is 0 Å². The predicted octanol–water partition coefficient (Wildman–Crippen LogP) is 1.61. The van der Waals surface area contributed by atoms with Gasteiger partial charge < -0.3 is 9.80 Å². The molecule has 2 heterocycles. The number of carbonyl (C=O) groups excluding carboxylic acids is 1. The van der Waals surface area contributed by atoms with Crippen LogP contribution in [0.15, 0.2) is 4.99 Å². The molecule has 0 aromatic heterocycles. The number of hydrogen-bond acceptors (Lipinski definition) is 3. The molecular weight excluding hydrogens is 238 g/mol. The van der Waals surface area contributed by atoms with Crippen LogP contribution in [0.4, 0.5) is 0 Å². The van der Waals surface area contributed by atoms with E-state index < -0.39 is 5.54 Å². The molecule has 2 fully saturated rings. The van der Waals surface area contributed by atoms with Gasteiger partial charge in [0.2, 0.25) is 0 Å². The molecular formula is C15H25N3O. The van der Waals surface area contributed by atoms with Crippen LogP contribution < -0.4 is 0 Å². The number of rotatable bonds is 2.